The minimum absolute atomic E-state index is 0.00245. The van der Waals surface area contributed by atoms with Gasteiger partial charge in [0.1, 0.15) is 5.75 Å². The number of primary amides is 1. The van der Waals surface area contributed by atoms with Gasteiger partial charge in [0.15, 0.2) is 0 Å². The van der Waals surface area contributed by atoms with Gasteiger partial charge in [-0.1, -0.05) is 6.07 Å². The molecule has 4 N–H and O–H groups in total. The number of aliphatic hydroxyl groups is 1. The van der Waals surface area contributed by atoms with Crippen molar-refractivity contribution >= 4 is 5.91 Å². The van der Waals surface area contributed by atoms with Gasteiger partial charge in [0.2, 0.25) is 5.91 Å². The molecule has 4 atom stereocenters. The van der Waals surface area contributed by atoms with Crippen LogP contribution in [-0.4, -0.2) is 46.3 Å². The normalized spacial score (nSPS) is 40.1. The van der Waals surface area contributed by atoms with Crippen LogP contribution in [0.1, 0.15) is 30.4 Å². The van der Waals surface area contributed by atoms with E-state index in [-0.39, 0.29) is 23.6 Å². The van der Waals surface area contributed by atoms with Crippen LogP contribution in [-0.2, 0) is 16.6 Å². The van der Waals surface area contributed by atoms with E-state index in [0.29, 0.717) is 12.8 Å². The molecule has 0 spiro atoms. The number of amides is 1. The van der Waals surface area contributed by atoms with Crippen LogP contribution in [0.2, 0.25) is 0 Å². The molecule has 0 unspecified atom stereocenters. The van der Waals surface area contributed by atoms with Crippen molar-refractivity contribution in [1.29, 1.82) is 0 Å². The van der Waals surface area contributed by atoms with Crippen molar-refractivity contribution < 1.29 is 15.0 Å². The largest absolute Gasteiger partial charge is 0.508 e. The van der Waals surface area contributed by atoms with Crippen LogP contribution in [0.15, 0.2) is 18.2 Å². The van der Waals surface area contributed by atoms with Crippen molar-refractivity contribution in [1.82, 2.24) is 4.90 Å². The van der Waals surface area contributed by atoms with Gasteiger partial charge in [-0.15, -0.1) is 0 Å². The summed E-state index contributed by atoms with van der Waals surface area (Å²) in [5.74, 6) is -0.408. The van der Waals surface area contributed by atoms with E-state index in [2.05, 4.69) is 4.90 Å². The van der Waals surface area contributed by atoms with E-state index in [0.717, 1.165) is 24.9 Å². The lowest BCUT2D eigenvalue weighted by atomic mass is 9.56. The summed E-state index contributed by atoms with van der Waals surface area (Å²) in [5.41, 5.74) is 6.34. The molecular weight excluding hydrogens is 280 g/mol. The van der Waals surface area contributed by atoms with E-state index in [4.69, 9.17) is 5.73 Å². The quantitative estimate of drug-likeness (QED) is 0.706. The molecule has 1 amide bonds. The first-order valence-corrected chi connectivity index (χ1v) is 7.92. The monoisotopic (exact) mass is 302 g/mol. The number of fused-ring (bicyclic) bond motifs is 1. The fourth-order valence-corrected chi connectivity index (χ4v) is 5.30. The summed E-state index contributed by atoms with van der Waals surface area (Å²) in [5, 5.41) is 21.5. The number of phenols is 1. The summed E-state index contributed by atoms with van der Waals surface area (Å²) < 4.78 is 0. The van der Waals surface area contributed by atoms with Gasteiger partial charge in [-0.05, 0) is 62.5 Å². The Balaban J connectivity index is 1.94. The van der Waals surface area contributed by atoms with Crippen LogP contribution in [0, 0.1) is 5.92 Å². The third kappa shape index (κ3) is 1.53. The molecule has 1 aromatic carbocycles. The Labute approximate surface area is 129 Å². The van der Waals surface area contributed by atoms with Crippen molar-refractivity contribution in [2.24, 2.45) is 11.7 Å². The maximum Gasteiger partial charge on any atom is 0.220 e. The maximum atomic E-state index is 11.8. The van der Waals surface area contributed by atoms with Crippen molar-refractivity contribution in [3.8, 4) is 5.75 Å². The number of phenolic OH excluding ortho intramolecular Hbond substituents is 1. The number of rotatable bonds is 1. The number of likely N-dealkylation sites (N-methyl/N-ethyl adjacent to an activating group) is 1. The Hall–Kier alpha value is -1.59. The second kappa shape index (κ2) is 4.24. The first-order valence-electron chi connectivity index (χ1n) is 7.92. The molecule has 5 nitrogen and oxygen atoms in total. The van der Waals surface area contributed by atoms with Gasteiger partial charge in [-0.25, -0.2) is 0 Å². The van der Waals surface area contributed by atoms with E-state index in [1.54, 1.807) is 12.1 Å². The molecule has 0 radical (unpaired) electrons. The lowest BCUT2D eigenvalue weighted by Crippen LogP contribution is -2.68. The highest BCUT2D eigenvalue weighted by atomic mass is 16.3. The number of nitrogens with zero attached hydrogens (tertiary/aromatic N) is 1. The standard InChI is InChI=1S/C17H22N2O3/c1-19-5-4-16-8-11(15(18)21)9-17(16,22)14(19)6-10-2-3-12(20)7-13(10)16/h2-3,7,11,14,20,22H,4-6,8-9H2,1H3,(H2,18,21)/t11-,14+,16+,17+/m0/s1. The SMILES string of the molecule is CN1CC[C@]23C[C@H](C(N)=O)C[C@@]2(O)[C@H]1Cc1ccc(O)cc13. The Bertz CT molecular complexity index is 661. The van der Waals surface area contributed by atoms with Crippen molar-refractivity contribution in [3.05, 3.63) is 29.3 Å². The molecule has 1 aliphatic heterocycles. The van der Waals surface area contributed by atoms with Crippen LogP contribution in [0.3, 0.4) is 0 Å². The first kappa shape index (κ1) is 14.0. The number of likely N-dealkylation sites (tertiary alicyclic amines) is 1. The summed E-state index contributed by atoms with van der Waals surface area (Å²) in [4.78, 5) is 14.0. The minimum Gasteiger partial charge on any atom is -0.508 e. The topological polar surface area (TPSA) is 86.8 Å². The van der Waals surface area contributed by atoms with Crippen LogP contribution in [0.4, 0.5) is 0 Å². The Morgan fingerprint density at radius 3 is 2.91 bits per heavy atom. The van der Waals surface area contributed by atoms with Crippen molar-refractivity contribution in [2.45, 2.75) is 42.7 Å². The highest BCUT2D eigenvalue weighted by molar-refractivity contribution is 5.78. The highest BCUT2D eigenvalue weighted by Gasteiger charge is 2.67. The van der Waals surface area contributed by atoms with Gasteiger partial charge in [-0.3, -0.25) is 4.79 Å². The average molecular weight is 302 g/mol. The molecule has 4 rings (SSSR count). The second-order valence-electron chi connectivity index (χ2n) is 7.31. The number of nitrogens with two attached hydrogens (primary N) is 1. The predicted octanol–water partition coefficient (Wildman–Crippen LogP) is 0.517. The molecule has 2 bridgehead atoms. The molecule has 1 saturated heterocycles. The number of hydrogen-bond donors (Lipinski definition) is 3. The Morgan fingerprint density at radius 1 is 1.41 bits per heavy atom. The average Bonchev–Trinajstić information content (AvgIpc) is 2.79. The second-order valence-corrected chi connectivity index (χ2v) is 7.31. The number of piperidine rings is 1. The molecule has 22 heavy (non-hydrogen) atoms. The van der Waals surface area contributed by atoms with Crippen LogP contribution in [0.25, 0.3) is 0 Å². The smallest absolute Gasteiger partial charge is 0.220 e. The van der Waals surface area contributed by atoms with E-state index in [1.807, 2.05) is 13.1 Å². The van der Waals surface area contributed by atoms with Gasteiger partial charge in [0.05, 0.1) is 5.60 Å². The Morgan fingerprint density at radius 2 is 2.18 bits per heavy atom. The zero-order valence-electron chi connectivity index (χ0n) is 12.7. The van der Waals surface area contributed by atoms with Gasteiger partial charge < -0.3 is 20.8 Å². The lowest BCUT2D eigenvalue weighted by molar-refractivity contribution is -0.128. The van der Waals surface area contributed by atoms with E-state index in [9.17, 15) is 15.0 Å². The molecule has 2 aliphatic carbocycles. The highest BCUT2D eigenvalue weighted by Crippen LogP contribution is 2.61. The van der Waals surface area contributed by atoms with Crippen molar-refractivity contribution in [3.63, 3.8) is 0 Å². The third-order valence-corrected chi connectivity index (χ3v) is 6.38. The lowest BCUT2D eigenvalue weighted by Gasteiger charge is -2.58. The van der Waals surface area contributed by atoms with Gasteiger partial charge in [0, 0.05) is 17.4 Å². The number of carbonyl (C=O) groups excluding carboxylic acids is 1. The molecule has 3 aliphatic rings. The summed E-state index contributed by atoms with van der Waals surface area (Å²) in [7, 11) is 2.04. The number of carbonyl (C=O) groups is 1. The molecule has 0 aromatic heterocycles. The first-order chi connectivity index (χ1) is 10.4. The summed E-state index contributed by atoms with van der Waals surface area (Å²) in [6, 6.07) is 5.44. The van der Waals surface area contributed by atoms with Gasteiger partial charge >= 0.3 is 0 Å². The zero-order chi connectivity index (χ0) is 15.7. The van der Waals surface area contributed by atoms with Gasteiger partial charge in [-0.2, -0.15) is 0 Å². The molecule has 1 heterocycles. The molecule has 1 aromatic rings. The summed E-state index contributed by atoms with van der Waals surface area (Å²) in [6.45, 7) is 0.882. The molecule has 2 fully saturated rings. The van der Waals surface area contributed by atoms with E-state index in [1.165, 1.54) is 5.56 Å². The summed E-state index contributed by atoms with van der Waals surface area (Å²) >= 11 is 0. The van der Waals surface area contributed by atoms with E-state index < -0.39 is 11.0 Å². The minimum atomic E-state index is -0.944. The molecule has 118 valence electrons. The maximum absolute atomic E-state index is 11.8. The predicted molar refractivity (Wildman–Crippen MR) is 81.4 cm³/mol. The number of aromatic hydroxyl groups is 1. The fraction of sp³-hybridized carbons (Fsp3) is 0.588. The van der Waals surface area contributed by atoms with Crippen LogP contribution in [0.5, 0.6) is 5.75 Å². The number of hydrogen-bond acceptors (Lipinski definition) is 4. The van der Waals surface area contributed by atoms with Crippen LogP contribution >= 0.6 is 0 Å². The van der Waals surface area contributed by atoms with E-state index >= 15 is 0 Å². The van der Waals surface area contributed by atoms with Gasteiger partial charge in [0.25, 0.3) is 0 Å². The van der Waals surface area contributed by atoms with Crippen LogP contribution < -0.4 is 5.73 Å². The fourth-order valence-electron chi connectivity index (χ4n) is 5.30. The molecule has 5 heteroatoms. The summed E-state index contributed by atoms with van der Waals surface area (Å²) in [6.07, 6.45) is 2.54. The molecular formula is C17H22N2O3. The zero-order valence-corrected chi connectivity index (χ0v) is 12.7. The third-order valence-electron chi connectivity index (χ3n) is 6.38. The number of benzene rings is 1. The molecule has 1 saturated carbocycles. The van der Waals surface area contributed by atoms with Crippen molar-refractivity contribution in [2.75, 3.05) is 13.6 Å². The Kier molecular flexibility index (Phi) is 2.70.